The van der Waals surface area contributed by atoms with E-state index in [-0.39, 0.29) is 23.8 Å². The van der Waals surface area contributed by atoms with Crippen molar-refractivity contribution in [2.24, 2.45) is 5.92 Å². The number of anilines is 1. The van der Waals surface area contributed by atoms with E-state index in [1.165, 1.54) is 6.92 Å². The number of aliphatic hydroxyl groups is 1. The number of carbonyl (C=O) groups is 2. The highest BCUT2D eigenvalue weighted by molar-refractivity contribution is 5.95. The van der Waals surface area contributed by atoms with Crippen molar-refractivity contribution in [1.82, 2.24) is 5.32 Å². The van der Waals surface area contributed by atoms with E-state index in [4.69, 9.17) is 0 Å². The normalized spacial score (nSPS) is 21.6. The number of amides is 2. The summed E-state index contributed by atoms with van der Waals surface area (Å²) in [5, 5.41) is 15.4. The van der Waals surface area contributed by atoms with Gasteiger partial charge in [0, 0.05) is 30.6 Å². The number of rotatable bonds is 4. The summed E-state index contributed by atoms with van der Waals surface area (Å²) < 4.78 is 0. The average molecular weight is 290 g/mol. The first-order valence-corrected chi connectivity index (χ1v) is 7.40. The van der Waals surface area contributed by atoms with Gasteiger partial charge in [0.1, 0.15) is 0 Å². The molecule has 0 saturated heterocycles. The lowest BCUT2D eigenvalue weighted by Crippen LogP contribution is -2.36. The van der Waals surface area contributed by atoms with Crippen molar-refractivity contribution in [3.63, 3.8) is 0 Å². The van der Waals surface area contributed by atoms with Crippen molar-refractivity contribution in [2.75, 3.05) is 11.9 Å². The Morgan fingerprint density at radius 3 is 2.48 bits per heavy atom. The Morgan fingerprint density at radius 2 is 1.86 bits per heavy atom. The maximum Gasteiger partial charge on any atom is 0.251 e. The van der Waals surface area contributed by atoms with Crippen LogP contribution in [-0.2, 0) is 4.79 Å². The van der Waals surface area contributed by atoms with Crippen LogP contribution in [0.1, 0.15) is 43.0 Å². The highest BCUT2D eigenvalue weighted by atomic mass is 16.3. The van der Waals surface area contributed by atoms with E-state index in [1.54, 1.807) is 24.3 Å². The lowest BCUT2D eigenvalue weighted by Gasteiger charge is -2.27. The van der Waals surface area contributed by atoms with E-state index >= 15 is 0 Å². The van der Waals surface area contributed by atoms with Gasteiger partial charge in [-0.25, -0.2) is 0 Å². The molecule has 2 atom stereocenters. The maximum atomic E-state index is 12.0. The molecule has 2 rings (SSSR count). The number of nitrogens with one attached hydrogen (secondary N) is 2. The van der Waals surface area contributed by atoms with Gasteiger partial charge in [-0.3, -0.25) is 9.59 Å². The standard InChI is InChI=1S/C16H22N2O3/c1-11(19)18-14-8-6-12(7-9-14)16(21)17-10-13-4-2-3-5-15(13)20/h6-9,13,15,20H,2-5,10H2,1H3,(H,17,21)(H,18,19). The molecule has 1 fully saturated rings. The van der Waals surface area contributed by atoms with E-state index in [0.717, 1.165) is 25.7 Å². The fraction of sp³-hybridized carbons (Fsp3) is 0.500. The quantitative estimate of drug-likeness (QED) is 0.793. The van der Waals surface area contributed by atoms with Crippen molar-refractivity contribution < 1.29 is 14.7 Å². The minimum atomic E-state index is -0.304. The van der Waals surface area contributed by atoms with Gasteiger partial charge in [0.15, 0.2) is 0 Å². The van der Waals surface area contributed by atoms with Crippen LogP contribution in [-0.4, -0.2) is 29.6 Å². The van der Waals surface area contributed by atoms with Crippen LogP contribution in [0.5, 0.6) is 0 Å². The molecular formula is C16H22N2O3. The van der Waals surface area contributed by atoms with E-state index in [1.807, 2.05) is 0 Å². The van der Waals surface area contributed by atoms with Crippen LogP contribution in [0.2, 0.25) is 0 Å². The summed E-state index contributed by atoms with van der Waals surface area (Å²) in [4.78, 5) is 23.0. The summed E-state index contributed by atoms with van der Waals surface area (Å²) in [7, 11) is 0. The zero-order valence-electron chi connectivity index (χ0n) is 12.3. The second kappa shape index (κ2) is 7.22. The van der Waals surface area contributed by atoms with Gasteiger partial charge >= 0.3 is 0 Å². The highest BCUT2D eigenvalue weighted by Gasteiger charge is 2.23. The van der Waals surface area contributed by atoms with Gasteiger partial charge in [-0.15, -0.1) is 0 Å². The van der Waals surface area contributed by atoms with Crippen molar-refractivity contribution in [3.8, 4) is 0 Å². The van der Waals surface area contributed by atoms with Crippen LogP contribution in [0.3, 0.4) is 0 Å². The Hall–Kier alpha value is -1.88. The van der Waals surface area contributed by atoms with Gasteiger partial charge in [-0.1, -0.05) is 12.8 Å². The number of hydrogen-bond acceptors (Lipinski definition) is 3. The fourth-order valence-electron chi connectivity index (χ4n) is 2.66. The SMILES string of the molecule is CC(=O)Nc1ccc(C(=O)NCC2CCCCC2O)cc1. The lowest BCUT2D eigenvalue weighted by molar-refractivity contribution is -0.114. The molecule has 0 radical (unpaired) electrons. The van der Waals surface area contributed by atoms with Crippen LogP contribution < -0.4 is 10.6 Å². The average Bonchev–Trinajstić information content (AvgIpc) is 2.46. The number of aliphatic hydroxyl groups excluding tert-OH is 1. The third-order valence-electron chi connectivity index (χ3n) is 3.86. The van der Waals surface area contributed by atoms with E-state index < -0.39 is 0 Å². The molecule has 5 nitrogen and oxygen atoms in total. The summed E-state index contributed by atoms with van der Waals surface area (Å²) in [5.74, 6) is -0.137. The third-order valence-corrected chi connectivity index (χ3v) is 3.86. The van der Waals surface area contributed by atoms with Crippen molar-refractivity contribution in [2.45, 2.75) is 38.7 Å². The molecule has 1 aliphatic carbocycles. The van der Waals surface area contributed by atoms with Crippen LogP contribution in [0.4, 0.5) is 5.69 Å². The molecule has 0 heterocycles. The summed E-state index contributed by atoms with van der Waals surface area (Å²) in [6.45, 7) is 1.95. The minimum Gasteiger partial charge on any atom is -0.393 e. The second-order valence-electron chi connectivity index (χ2n) is 5.58. The van der Waals surface area contributed by atoms with Crippen LogP contribution >= 0.6 is 0 Å². The first-order valence-electron chi connectivity index (χ1n) is 7.40. The third kappa shape index (κ3) is 4.56. The van der Waals surface area contributed by atoms with E-state index in [0.29, 0.717) is 17.8 Å². The molecule has 1 saturated carbocycles. The Kier molecular flexibility index (Phi) is 5.33. The second-order valence-corrected chi connectivity index (χ2v) is 5.58. The molecule has 5 heteroatoms. The van der Waals surface area contributed by atoms with Gasteiger partial charge in [0.05, 0.1) is 6.10 Å². The summed E-state index contributed by atoms with van der Waals surface area (Å²) in [6, 6.07) is 6.76. The molecule has 21 heavy (non-hydrogen) atoms. The van der Waals surface area contributed by atoms with Crippen molar-refractivity contribution >= 4 is 17.5 Å². The predicted molar refractivity (Wildman–Crippen MR) is 81.0 cm³/mol. The highest BCUT2D eigenvalue weighted by Crippen LogP contribution is 2.23. The Bertz CT molecular complexity index is 499. The number of benzene rings is 1. The summed E-state index contributed by atoms with van der Waals surface area (Å²) in [5.41, 5.74) is 1.22. The fourth-order valence-corrected chi connectivity index (χ4v) is 2.66. The van der Waals surface area contributed by atoms with Crippen LogP contribution in [0.25, 0.3) is 0 Å². The monoisotopic (exact) mass is 290 g/mol. The molecule has 0 aromatic heterocycles. The van der Waals surface area contributed by atoms with E-state index in [9.17, 15) is 14.7 Å². The largest absolute Gasteiger partial charge is 0.393 e. The molecule has 114 valence electrons. The maximum absolute atomic E-state index is 12.0. The molecule has 0 bridgehead atoms. The first kappa shape index (κ1) is 15.5. The molecule has 1 aliphatic rings. The van der Waals surface area contributed by atoms with Gasteiger partial charge < -0.3 is 15.7 Å². The molecule has 0 aliphatic heterocycles. The molecular weight excluding hydrogens is 268 g/mol. The predicted octanol–water partition coefficient (Wildman–Crippen LogP) is 1.93. The summed E-state index contributed by atoms with van der Waals surface area (Å²) >= 11 is 0. The number of carbonyl (C=O) groups excluding carboxylic acids is 2. The van der Waals surface area contributed by atoms with Gasteiger partial charge in [-0.05, 0) is 37.1 Å². The zero-order valence-corrected chi connectivity index (χ0v) is 12.3. The topological polar surface area (TPSA) is 78.4 Å². The Morgan fingerprint density at radius 1 is 1.19 bits per heavy atom. The molecule has 2 unspecified atom stereocenters. The zero-order chi connectivity index (χ0) is 15.2. The molecule has 0 spiro atoms. The Balaban J connectivity index is 1.86. The minimum absolute atomic E-state index is 0.140. The Labute approximate surface area is 124 Å². The van der Waals surface area contributed by atoms with Gasteiger partial charge in [0.25, 0.3) is 5.91 Å². The van der Waals surface area contributed by atoms with Gasteiger partial charge in [-0.2, -0.15) is 0 Å². The first-order chi connectivity index (χ1) is 10.1. The molecule has 2 amide bonds. The number of hydrogen-bond donors (Lipinski definition) is 3. The van der Waals surface area contributed by atoms with Crippen LogP contribution in [0, 0.1) is 5.92 Å². The van der Waals surface area contributed by atoms with Crippen LogP contribution in [0.15, 0.2) is 24.3 Å². The van der Waals surface area contributed by atoms with E-state index in [2.05, 4.69) is 10.6 Å². The van der Waals surface area contributed by atoms with Gasteiger partial charge in [0.2, 0.25) is 5.91 Å². The molecule has 1 aromatic carbocycles. The van der Waals surface area contributed by atoms with Crippen molar-refractivity contribution in [3.05, 3.63) is 29.8 Å². The lowest BCUT2D eigenvalue weighted by atomic mass is 9.86. The smallest absolute Gasteiger partial charge is 0.251 e. The summed E-state index contributed by atoms with van der Waals surface area (Å²) in [6.07, 6.45) is 3.66. The molecule has 3 N–H and O–H groups in total. The molecule has 1 aromatic rings. The van der Waals surface area contributed by atoms with Crippen molar-refractivity contribution in [1.29, 1.82) is 0 Å².